The molecule has 4 aromatic heterocycles. The van der Waals surface area contributed by atoms with Crippen LogP contribution in [0.25, 0.3) is 33.8 Å². The number of imidazole rings is 1. The molecule has 0 aliphatic carbocycles. The molecule has 1 unspecified atom stereocenters. The number of alkyl halides is 3. The molecular weight excluding hydrogens is 479 g/mol. The fraction of sp³-hybridized carbons (Fsp3) is 0.350. The summed E-state index contributed by atoms with van der Waals surface area (Å²) in [6, 6.07) is 2.80. The predicted molar refractivity (Wildman–Crippen MR) is 115 cm³/mol. The van der Waals surface area contributed by atoms with Crippen LogP contribution >= 0.6 is 11.6 Å². The van der Waals surface area contributed by atoms with Crippen molar-refractivity contribution in [3.63, 3.8) is 0 Å². The lowest BCUT2D eigenvalue weighted by atomic mass is 10.1. The van der Waals surface area contributed by atoms with E-state index in [0.29, 0.717) is 52.6 Å². The monoisotopic (exact) mass is 495 g/mol. The van der Waals surface area contributed by atoms with Gasteiger partial charge in [-0.1, -0.05) is 16.8 Å². The highest BCUT2D eigenvalue weighted by molar-refractivity contribution is 6.30. The standard InChI is InChI=1S/C20H17ClF3N7O3/c1-30-16-13(27-18(30)31-4-2-3-12(31)9-33-20(22,23)24)6-14(17-28-19(32)34-29-17)26-15(16)10-5-11(21)8-25-7-10/h5-8,12H,2-4,9H2,1H3,(H,28,29,32). The number of hydrogen-bond acceptors (Lipinski definition) is 8. The first-order valence-electron chi connectivity index (χ1n) is 10.2. The first-order chi connectivity index (χ1) is 16.2. The summed E-state index contributed by atoms with van der Waals surface area (Å²) in [5, 5.41) is 4.08. The second-order valence-electron chi connectivity index (χ2n) is 7.78. The van der Waals surface area contributed by atoms with E-state index < -0.39 is 24.8 Å². The van der Waals surface area contributed by atoms with Crippen LogP contribution in [0.3, 0.4) is 0 Å². The largest absolute Gasteiger partial charge is 0.522 e. The van der Waals surface area contributed by atoms with Gasteiger partial charge >= 0.3 is 12.1 Å². The summed E-state index contributed by atoms with van der Waals surface area (Å²) in [5.74, 6) is -0.172. The minimum Gasteiger partial charge on any atom is -0.337 e. The molecule has 0 saturated carbocycles. The topological polar surface area (TPSA) is 115 Å². The van der Waals surface area contributed by atoms with E-state index in [1.54, 1.807) is 34.8 Å². The van der Waals surface area contributed by atoms with Gasteiger partial charge in [-0.3, -0.25) is 19.2 Å². The Bertz CT molecular complexity index is 1410. The first-order valence-corrected chi connectivity index (χ1v) is 10.6. The van der Waals surface area contributed by atoms with Gasteiger partial charge in [0.25, 0.3) is 0 Å². The van der Waals surface area contributed by atoms with Crippen LogP contribution in [-0.4, -0.2) is 55.2 Å². The summed E-state index contributed by atoms with van der Waals surface area (Å²) < 4.78 is 48.4. The molecule has 1 aliphatic rings. The molecule has 0 radical (unpaired) electrons. The second-order valence-corrected chi connectivity index (χ2v) is 8.21. The molecule has 178 valence electrons. The number of halogens is 4. The Hall–Kier alpha value is -3.45. The van der Waals surface area contributed by atoms with E-state index in [1.807, 2.05) is 0 Å². The minimum atomic E-state index is -4.71. The molecule has 0 bridgehead atoms. The molecule has 0 amide bonds. The second kappa shape index (κ2) is 8.40. The zero-order valence-electron chi connectivity index (χ0n) is 17.6. The Labute approximate surface area is 194 Å². The summed E-state index contributed by atoms with van der Waals surface area (Å²) in [7, 11) is 1.76. The molecule has 1 fully saturated rings. The first kappa shape index (κ1) is 22.3. The fourth-order valence-electron chi connectivity index (χ4n) is 4.15. The van der Waals surface area contributed by atoms with Crippen molar-refractivity contribution in [3.8, 4) is 22.8 Å². The van der Waals surface area contributed by atoms with E-state index in [-0.39, 0.29) is 11.5 Å². The fourth-order valence-corrected chi connectivity index (χ4v) is 4.32. The van der Waals surface area contributed by atoms with Crippen LogP contribution in [0.5, 0.6) is 0 Å². The maximum atomic E-state index is 12.6. The van der Waals surface area contributed by atoms with E-state index in [1.165, 1.54) is 6.20 Å². The number of anilines is 1. The lowest BCUT2D eigenvalue weighted by Crippen LogP contribution is -2.36. The molecule has 5 rings (SSSR count). The van der Waals surface area contributed by atoms with E-state index >= 15 is 0 Å². The Morgan fingerprint density at radius 2 is 2.12 bits per heavy atom. The van der Waals surface area contributed by atoms with E-state index in [0.717, 1.165) is 0 Å². The average Bonchev–Trinajstić information content (AvgIpc) is 3.50. The molecular formula is C20H17ClF3N7O3. The van der Waals surface area contributed by atoms with E-state index in [2.05, 4.69) is 29.4 Å². The highest BCUT2D eigenvalue weighted by Gasteiger charge is 2.35. The number of aromatic nitrogens is 6. The van der Waals surface area contributed by atoms with Gasteiger partial charge in [0.2, 0.25) is 11.8 Å². The quantitative estimate of drug-likeness (QED) is 0.447. The van der Waals surface area contributed by atoms with Gasteiger partial charge in [-0.2, -0.15) is 0 Å². The van der Waals surface area contributed by atoms with Crippen LogP contribution in [-0.2, 0) is 11.8 Å². The normalized spacial score (nSPS) is 16.6. The van der Waals surface area contributed by atoms with Crippen molar-refractivity contribution in [3.05, 3.63) is 40.1 Å². The van der Waals surface area contributed by atoms with Crippen molar-refractivity contribution < 1.29 is 22.4 Å². The molecule has 1 aliphatic heterocycles. The molecule has 1 N–H and O–H groups in total. The number of pyridine rings is 2. The lowest BCUT2D eigenvalue weighted by Gasteiger charge is -2.25. The number of H-pyrrole nitrogens is 1. The zero-order valence-corrected chi connectivity index (χ0v) is 18.4. The molecule has 5 heterocycles. The summed E-state index contributed by atoms with van der Waals surface area (Å²) in [4.78, 5) is 29.2. The number of aromatic amines is 1. The number of nitrogens with zero attached hydrogens (tertiary/aromatic N) is 6. The van der Waals surface area contributed by atoms with Gasteiger partial charge in [-0.05, 0) is 25.0 Å². The molecule has 1 saturated heterocycles. The molecule has 1 atom stereocenters. The number of rotatable bonds is 5. The Morgan fingerprint density at radius 1 is 1.29 bits per heavy atom. The van der Waals surface area contributed by atoms with Gasteiger partial charge < -0.3 is 9.47 Å². The van der Waals surface area contributed by atoms with Crippen LogP contribution in [0, 0.1) is 0 Å². The number of aryl methyl sites for hydroxylation is 1. The molecule has 0 spiro atoms. The smallest absolute Gasteiger partial charge is 0.337 e. The SMILES string of the molecule is Cn1c(N2CCCC2COC(F)(F)F)nc2cc(-c3noc(=O)[nH]3)nc(-c3cncc(Cl)c3)c21. The summed E-state index contributed by atoms with van der Waals surface area (Å²) >= 11 is 6.14. The molecule has 10 nitrogen and oxygen atoms in total. The Kier molecular flexibility index (Phi) is 5.52. The van der Waals surface area contributed by atoms with E-state index in [9.17, 15) is 18.0 Å². The molecule has 4 aromatic rings. The highest BCUT2D eigenvalue weighted by Crippen LogP contribution is 2.35. The van der Waals surface area contributed by atoms with Gasteiger partial charge in [-0.25, -0.2) is 14.8 Å². The molecule has 34 heavy (non-hydrogen) atoms. The molecule has 0 aromatic carbocycles. The average molecular weight is 496 g/mol. The van der Waals surface area contributed by atoms with Gasteiger partial charge in [0.05, 0.1) is 34.4 Å². The number of ether oxygens (including phenoxy) is 1. The van der Waals surface area contributed by atoms with Gasteiger partial charge in [0, 0.05) is 31.5 Å². The third kappa shape index (κ3) is 4.23. The van der Waals surface area contributed by atoms with Gasteiger partial charge in [0.1, 0.15) is 5.69 Å². The highest BCUT2D eigenvalue weighted by atomic mass is 35.5. The number of fused-ring (bicyclic) bond motifs is 1. The van der Waals surface area contributed by atoms with Crippen molar-refractivity contribution in [2.24, 2.45) is 7.05 Å². The van der Waals surface area contributed by atoms with Crippen molar-refractivity contribution >= 4 is 28.6 Å². The predicted octanol–water partition coefficient (Wildman–Crippen LogP) is 3.53. The van der Waals surface area contributed by atoms with Crippen LogP contribution in [0.15, 0.2) is 33.8 Å². The van der Waals surface area contributed by atoms with Crippen molar-refractivity contribution in [1.29, 1.82) is 0 Å². The lowest BCUT2D eigenvalue weighted by molar-refractivity contribution is -0.325. The van der Waals surface area contributed by atoms with Crippen molar-refractivity contribution in [2.45, 2.75) is 25.2 Å². The van der Waals surface area contributed by atoms with E-state index in [4.69, 9.17) is 16.6 Å². The third-order valence-corrected chi connectivity index (χ3v) is 5.77. The summed E-state index contributed by atoms with van der Waals surface area (Å²) in [6.45, 7) is 0.0233. The maximum Gasteiger partial charge on any atom is 0.522 e. The third-order valence-electron chi connectivity index (χ3n) is 5.56. The minimum absolute atomic E-state index is 0.105. The van der Waals surface area contributed by atoms with Crippen LogP contribution in [0.2, 0.25) is 5.02 Å². The molecule has 14 heteroatoms. The van der Waals surface area contributed by atoms with Crippen LogP contribution in [0.1, 0.15) is 12.8 Å². The van der Waals surface area contributed by atoms with Crippen LogP contribution < -0.4 is 10.7 Å². The van der Waals surface area contributed by atoms with Crippen molar-refractivity contribution in [2.75, 3.05) is 18.1 Å². The Balaban J connectivity index is 1.65. The van der Waals surface area contributed by atoms with Crippen LogP contribution in [0.4, 0.5) is 19.1 Å². The Morgan fingerprint density at radius 3 is 2.82 bits per heavy atom. The number of hydrogen-bond donors (Lipinski definition) is 1. The van der Waals surface area contributed by atoms with Crippen molar-refractivity contribution in [1.82, 2.24) is 29.7 Å². The maximum absolute atomic E-state index is 12.6. The zero-order chi connectivity index (χ0) is 24.0. The summed E-state index contributed by atoms with van der Waals surface area (Å²) in [6.07, 6.45) is -0.421. The van der Waals surface area contributed by atoms with Gasteiger partial charge in [0.15, 0.2) is 0 Å². The number of nitrogens with one attached hydrogen (secondary N) is 1. The van der Waals surface area contributed by atoms with Gasteiger partial charge in [-0.15, -0.1) is 13.2 Å². The summed E-state index contributed by atoms with van der Waals surface area (Å²) in [5.41, 5.74) is 2.42.